The van der Waals surface area contributed by atoms with Crippen LogP contribution in [0.25, 0.3) is 0 Å². The number of hydrogen-bond acceptors (Lipinski definition) is 1. The quantitative estimate of drug-likeness (QED) is 0.587. The summed E-state index contributed by atoms with van der Waals surface area (Å²) < 4.78 is 0. The van der Waals surface area contributed by atoms with Gasteiger partial charge < -0.3 is 4.90 Å². The Morgan fingerprint density at radius 1 is 0.923 bits per heavy atom. The second-order valence-electron chi connectivity index (χ2n) is 3.42. The average molecular weight is 173 g/mol. The zero-order valence-corrected chi connectivity index (χ0v) is 7.82. The first kappa shape index (κ1) is 8.36. The third kappa shape index (κ3) is 2.11. The maximum Gasteiger partial charge on any atom is 0.0180 e. The fourth-order valence-electron chi connectivity index (χ4n) is 1.71. The van der Waals surface area contributed by atoms with Gasteiger partial charge in [0.2, 0.25) is 0 Å². The van der Waals surface area contributed by atoms with Crippen LogP contribution in [0.15, 0.2) is 48.5 Å². The summed E-state index contributed by atoms with van der Waals surface area (Å²) in [6, 6.07) is 0. The molecule has 0 spiro atoms. The Morgan fingerprint density at radius 2 is 1.69 bits per heavy atom. The van der Waals surface area contributed by atoms with E-state index in [-0.39, 0.29) is 0 Å². The van der Waals surface area contributed by atoms with E-state index in [0.717, 1.165) is 0 Å². The van der Waals surface area contributed by atoms with Gasteiger partial charge in [0.25, 0.3) is 0 Å². The van der Waals surface area contributed by atoms with Crippen LogP contribution in [0.3, 0.4) is 0 Å². The lowest BCUT2D eigenvalue weighted by Crippen LogP contribution is -2.10. The fourth-order valence-corrected chi connectivity index (χ4v) is 1.71. The summed E-state index contributed by atoms with van der Waals surface area (Å²) in [6.07, 6.45) is 20.0. The predicted molar refractivity (Wildman–Crippen MR) is 55.8 cm³/mol. The monoisotopic (exact) mass is 173 g/mol. The summed E-state index contributed by atoms with van der Waals surface area (Å²) in [5.41, 5.74) is 1.45. The predicted octanol–water partition coefficient (Wildman–Crippen LogP) is 3.34. The highest BCUT2D eigenvalue weighted by Gasteiger charge is 2.07. The van der Waals surface area contributed by atoms with Gasteiger partial charge in [-0.1, -0.05) is 18.2 Å². The normalized spacial score (nSPS) is 21.5. The van der Waals surface area contributed by atoms with E-state index in [4.69, 9.17) is 0 Å². The zero-order chi connectivity index (χ0) is 8.93. The van der Waals surface area contributed by atoms with Crippen molar-refractivity contribution in [3.63, 3.8) is 0 Å². The molecule has 1 aliphatic carbocycles. The van der Waals surface area contributed by atoms with Crippen LogP contribution < -0.4 is 0 Å². The first-order chi connectivity index (χ1) is 6.47. The lowest BCUT2D eigenvalue weighted by molar-refractivity contribution is 0.540. The molecule has 2 aliphatic rings. The highest BCUT2D eigenvalue weighted by molar-refractivity contribution is 5.21. The van der Waals surface area contributed by atoms with Gasteiger partial charge in [-0.05, 0) is 37.8 Å². The van der Waals surface area contributed by atoms with Gasteiger partial charge in [-0.3, -0.25) is 0 Å². The summed E-state index contributed by atoms with van der Waals surface area (Å²) >= 11 is 0. The molecular weight excluding hydrogens is 158 g/mol. The Morgan fingerprint density at radius 3 is 2.31 bits per heavy atom. The van der Waals surface area contributed by atoms with E-state index >= 15 is 0 Å². The van der Waals surface area contributed by atoms with Crippen molar-refractivity contribution in [1.29, 1.82) is 0 Å². The van der Waals surface area contributed by atoms with E-state index in [1.54, 1.807) is 0 Å². The van der Waals surface area contributed by atoms with Crippen molar-refractivity contribution in [2.24, 2.45) is 0 Å². The highest BCUT2D eigenvalue weighted by Crippen LogP contribution is 2.21. The molecule has 0 aromatic carbocycles. The molecule has 1 nitrogen and oxygen atoms in total. The number of allylic oxidation sites excluding steroid dienone is 6. The SMILES string of the molecule is C1=CC=CN(C2=CCCCC2)C=C1. The Balaban J connectivity index is 2.11. The van der Waals surface area contributed by atoms with Crippen molar-refractivity contribution in [1.82, 2.24) is 4.90 Å². The molecule has 0 N–H and O–H groups in total. The minimum atomic E-state index is 1.22. The molecule has 1 heteroatoms. The van der Waals surface area contributed by atoms with Crippen molar-refractivity contribution in [2.75, 3.05) is 0 Å². The summed E-state index contributed by atoms with van der Waals surface area (Å²) in [6.45, 7) is 0. The summed E-state index contributed by atoms with van der Waals surface area (Å²) in [4.78, 5) is 2.22. The van der Waals surface area contributed by atoms with Crippen LogP contribution in [-0.2, 0) is 0 Å². The second kappa shape index (κ2) is 4.13. The molecule has 13 heavy (non-hydrogen) atoms. The third-order valence-corrected chi connectivity index (χ3v) is 2.43. The van der Waals surface area contributed by atoms with Crippen LogP contribution in [0.4, 0.5) is 0 Å². The topological polar surface area (TPSA) is 3.24 Å². The minimum absolute atomic E-state index is 1.22. The molecule has 0 bridgehead atoms. The molecule has 0 amide bonds. The molecule has 0 saturated carbocycles. The smallest absolute Gasteiger partial charge is 0.0180 e. The van der Waals surface area contributed by atoms with Crippen LogP contribution in [0.5, 0.6) is 0 Å². The maximum absolute atomic E-state index is 2.35. The highest BCUT2D eigenvalue weighted by atomic mass is 15.1. The molecule has 1 aliphatic heterocycles. The number of hydrogen-bond donors (Lipinski definition) is 0. The molecular formula is C12H15N. The second-order valence-corrected chi connectivity index (χ2v) is 3.42. The number of nitrogens with zero attached hydrogens (tertiary/aromatic N) is 1. The molecule has 1 heterocycles. The van der Waals surface area contributed by atoms with Crippen LogP contribution in [0.2, 0.25) is 0 Å². The van der Waals surface area contributed by atoms with Crippen molar-refractivity contribution < 1.29 is 0 Å². The largest absolute Gasteiger partial charge is 0.328 e. The standard InChI is InChI=1S/C12H15N/c1-2-7-11-13(10-6-1)12-8-4-3-5-9-12/h1-2,6-8,10-11H,3-5,9H2. The van der Waals surface area contributed by atoms with Crippen LogP contribution >= 0.6 is 0 Å². The Labute approximate surface area is 79.7 Å². The molecule has 2 rings (SSSR count). The Hall–Kier alpha value is -1.24. The minimum Gasteiger partial charge on any atom is -0.328 e. The third-order valence-electron chi connectivity index (χ3n) is 2.43. The van der Waals surface area contributed by atoms with Crippen molar-refractivity contribution >= 4 is 0 Å². The first-order valence-corrected chi connectivity index (χ1v) is 4.96. The van der Waals surface area contributed by atoms with Gasteiger partial charge in [0, 0.05) is 18.1 Å². The summed E-state index contributed by atoms with van der Waals surface area (Å²) in [5, 5.41) is 0. The zero-order valence-electron chi connectivity index (χ0n) is 7.82. The molecule has 68 valence electrons. The molecule has 0 saturated heterocycles. The molecule has 0 radical (unpaired) electrons. The summed E-state index contributed by atoms with van der Waals surface area (Å²) in [5.74, 6) is 0. The first-order valence-electron chi connectivity index (χ1n) is 4.96. The van der Waals surface area contributed by atoms with Crippen LogP contribution in [0, 0.1) is 0 Å². The van der Waals surface area contributed by atoms with Gasteiger partial charge in [-0.2, -0.15) is 0 Å². The van der Waals surface area contributed by atoms with Gasteiger partial charge in [0.15, 0.2) is 0 Å². The molecule has 0 aromatic heterocycles. The van der Waals surface area contributed by atoms with Crippen molar-refractivity contribution in [2.45, 2.75) is 25.7 Å². The van der Waals surface area contributed by atoms with E-state index < -0.39 is 0 Å². The van der Waals surface area contributed by atoms with Crippen LogP contribution in [0.1, 0.15) is 25.7 Å². The lowest BCUT2D eigenvalue weighted by atomic mass is 10.0. The van der Waals surface area contributed by atoms with E-state index in [1.165, 1.54) is 31.4 Å². The van der Waals surface area contributed by atoms with Crippen molar-refractivity contribution in [3.8, 4) is 0 Å². The summed E-state index contributed by atoms with van der Waals surface area (Å²) in [7, 11) is 0. The van der Waals surface area contributed by atoms with Gasteiger partial charge in [-0.15, -0.1) is 0 Å². The van der Waals surface area contributed by atoms with Crippen molar-refractivity contribution in [3.05, 3.63) is 48.5 Å². The lowest BCUT2D eigenvalue weighted by Gasteiger charge is -2.22. The molecule has 0 atom stereocenters. The average Bonchev–Trinajstić information content (AvgIpc) is 2.47. The van der Waals surface area contributed by atoms with Gasteiger partial charge >= 0.3 is 0 Å². The molecule has 0 fully saturated rings. The Bertz CT molecular complexity index is 265. The van der Waals surface area contributed by atoms with Crippen LogP contribution in [-0.4, -0.2) is 4.90 Å². The molecule has 0 aromatic rings. The van der Waals surface area contributed by atoms with E-state index in [2.05, 4.69) is 47.7 Å². The molecule has 0 unspecified atom stereocenters. The van der Waals surface area contributed by atoms with Gasteiger partial charge in [-0.25, -0.2) is 0 Å². The van der Waals surface area contributed by atoms with E-state index in [0.29, 0.717) is 0 Å². The van der Waals surface area contributed by atoms with Gasteiger partial charge in [0.05, 0.1) is 0 Å². The van der Waals surface area contributed by atoms with Gasteiger partial charge in [0.1, 0.15) is 0 Å². The number of rotatable bonds is 1. The van der Waals surface area contributed by atoms with E-state index in [1.807, 2.05) is 0 Å². The maximum atomic E-state index is 2.35. The Kier molecular flexibility index (Phi) is 2.65. The fraction of sp³-hybridized carbons (Fsp3) is 0.333. The van der Waals surface area contributed by atoms with E-state index in [9.17, 15) is 0 Å².